The molecule has 0 atom stereocenters. The second kappa shape index (κ2) is 6.92. The first-order chi connectivity index (χ1) is 12.6. The minimum atomic E-state index is -0.130. The Morgan fingerprint density at radius 3 is 2.73 bits per heavy atom. The molecule has 0 unspecified atom stereocenters. The first-order valence-corrected chi connectivity index (χ1v) is 8.95. The molecule has 134 valence electrons. The molecule has 0 bridgehead atoms. The number of amides is 1. The van der Waals surface area contributed by atoms with E-state index in [9.17, 15) is 4.79 Å². The second-order valence-electron chi connectivity index (χ2n) is 6.33. The molecule has 0 aliphatic carbocycles. The van der Waals surface area contributed by atoms with Crippen molar-refractivity contribution >= 4 is 34.1 Å². The fourth-order valence-corrected chi connectivity index (χ4v) is 3.40. The lowest BCUT2D eigenvalue weighted by Gasteiger charge is -2.12. The van der Waals surface area contributed by atoms with Gasteiger partial charge in [0.2, 0.25) is 5.91 Å². The summed E-state index contributed by atoms with van der Waals surface area (Å²) in [4.78, 5) is 15.9. The Labute approximate surface area is 156 Å². The average molecular weight is 371 g/mol. The zero-order chi connectivity index (χ0) is 18.1. The number of hydrogen-bond acceptors (Lipinski definition) is 3. The topological polar surface area (TPSA) is 63.4 Å². The number of aryl methyl sites for hydroxylation is 1. The van der Waals surface area contributed by atoms with Crippen LogP contribution in [0.25, 0.3) is 10.9 Å². The Kier molecular flexibility index (Phi) is 4.47. The van der Waals surface area contributed by atoms with Crippen molar-refractivity contribution in [1.82, 2.24) is 4.98 Å². The summed E-state index contributed by atoms with van der Waals surface area (Å²) in [6.45, 7) is 3.15. The first kappa shape index (κ1) is 16.8. The summed E-state index contributed by atoms with van der Waals surface area (Å²) < 4.78 is 11.3. The number of benzene rings is 2. The van der Waals surface area contributed by atoms with Crippen molar-refractivity contribution in [2.45, 2.75) is 19.8 Å². The molecule has 0 saturated heterocycles. The van der Waals surface area contributed by atoms with E-state index >= 15 is 0 Å². The monoisotopic (exact) mass is 370 g/mol. The van der Waals surface area contributed by atoms with Crippen molar-refractivity contribution in [3.05, 3.63) is 52.7 Å². The second-order valence-corrected chi connectivity index (χ2v) is 6.74. The molecule has 1 aromatic heterocycles. The minimum Gasteiger partial charge on any atom is -0.490 e. The Morgan fingerprint density at radius 1 is 1.19 bits per heavy atom. The SMILES string of the molecule is Cc1[nH]c2ccccc2c1CC(=O)Nc1cc2c(cc1Cl)OCCCO2. The number of H-pyrrole nitrogens is 1. The number of aromatic nitrogens is 1. The van der Waals surface area contributed by atoms with Gasteiger partial charge in [0.05, 0.1) is 30.3 Å². The summed E-state index contributed by atoms with van der Waals surface area (Å²) >= 11 is 6.31. The zero-order valence-corrected chi connectivity index (χ0v) is 15.2. The number of ether oxygens (including phenoxy) is 2. The van der Waals surface area contributed by atoms with Crippen LogP contribution in [-0.2, 0) is 11.2 Å². The number of carbonyl (C=O) groups is 1. The molecule has 0 saturated carbocycles. The highest BCUT2D eigenvalue weighted by Crippen LogP contribution is 2.37. The van der Waals surface area contributed by atoms with Gasteiger partial charge in [0.1, 0.15) is 0 Å². The van der Waals surface area contributed by atoms with E-state index in [1.165, 1.54) is 0 Å². The fraction of sp³-hybridized carbons (Fsp3) is 0.250. The Bertz CT molecular complexity index is 981. The van der Waals surface area contributed by atoms with Crippen molar-refractivity contribution in [2.24, 2.45) is 0 Å². The third-order valence-corrected chi connectivity index (χ3v) is 4.79. The molecule has 1 aliphatic heterocycles. The Balaban J connectivity index is 1.56. The predicted molar refractivity (Wildman–Crippen MR) is 102 cm³/mol. The quantitative estimate of drug-likeness (QED) is 0.714. The van der Waals surface area contributed by atoms with E-state index in [1.54, 1.807) is 12.1 Å². The molecule has 0 spiro atoms. The highest BCUT2D eigenvalue weighted by Gasteiger charge is 2.17. The van der Waals surface area contributed by atoms with Crippen LogP contribution < -0.4 is 14.8 Å². The van der Waals surface area contributed by atoms with E-state index in [0.29, 0.717) is 35.4 Å². The molecule has 4 rings (SSSR count). The fourth-order valence-electron chi connectivity index (χ4n) is 3.20. The van der Waals surface area contributed by atoms with Crippen molar-refractivity contribution in [1.29, 1.82) is 0 Å². The highest BCUT2D eigenvalue weighted by molar-refractivity contribution is 6.34. The molecular formula is C20H19ClN2O3. The van der Waals surface area contributed by atoms with Gasteiger partial charge in [-0.1, -0.05) is 29.8 Å². The van der Waals surface area contributed by atoms with Gasteiger partial charge in [0, 0.05) is 35.2 Å². The van der Waals surface area contributed by atoms with Gasteiger partial charge in [-0.3, -0.25) is 4.79 Å². The minimum absolute atomic E-state index is 0.130. The van der Waals surface area contributed by atoms with Crippen LogP contribution in [0.4, 0.5) is 5.69 Å². The van der Waals surface area contributed by atoms with Crippen LogP contribution in [0.2, 0.25) is 5.02 Å². The molecule has 0 radical (unpaired) electrons. The number of anilines is 1. The number of nitrogens with one attached hydrogen (secondary N) is 2. The smallest absolute Gasteiger partial charge is 0.228 e. The normalized spacial score (nSPS) is 13.5. The van der Waals surface area contributed by atoms with Gasteiger partial charge in [0.25, 0.3) is 0 Å². The predicted octanol–water partition coefficient (Wildman–Crippen LogP) is 4.47. The molecule has 3 aromatic rings. The molecule has 1 amide bonds. The molecule has 2 N–H and O–H groups in total. The first-order valence-electron chi connectivity index (χ1n) is 8.57. The van der Waals surface area contributed by atoms with Crippen molar-refractivity contribution in [2.75, 3.05) is 18.5 Å². The number of hydrogen-bond donors (Lipinski definition) is 2. The van der Waals surface area contributed by atoms with E-state index < -0.39 is 0 Å². The van der Waals surface area contributed by atoms with Crippen LogP contribution in [0.1, 0.15) is 17.7 Å². The van der Waals surface area contributed by atoms with Gasteiger partial charge in [0.15, 0.2) is 11.5 Å². The summed E-state index contributed by atoms with van der Waals surface area (Å²) in [5.41, 5.74) is 3.54. The molecule has 5 nitrogen and oxygen atoms in total. The molecule has 0 fully saturated rings. The largest absolute Gasteiger partial charge is 0.490 e. The lowest BCUT2D eigenvalue weighted by molar-refractivity contribution is -0.115. The molecule has 2 aromatic carbocycles. The third-order valence-electron chi connectivity index (χ3n) is 4.48. The summed E-state index contributed by atoms with van der Waals surface area (Å²) in [7, 11) is 0. The van der Waals surface area contributed by atoms with E-state index in [0.717, 1.165) is 28.6 Å². The summed E-state index contributed by atoms with van der Waals surface area (Å²) in [6, 6.07) is 11.4. The Hall–Kier alpha value is -2.66. The van der Waals surface area contributed by atoms with Gasteiger partial charge in [-0.2, -0.15) is 0 Å². The number of fused-ring (bicyclic) bond motifs is 2. The number of halogens is 1. The van der Waals surface area contributed by atoms with Gasteiger partial charge in [-0.05, 0) is 18.6 Å². The molecule has 2 heterocycles. The standard InChI is InChI=1S/C20H19ClN2O3/c1-12-14(13-5-2-3-6-16(13)22-12)9-20(24)23-17-11-19-18(10-15(17)21)25-7-4-8-26-19/h2-3,5-6,10-11,22H,4,7-9H2,1H3,(H,23,24). The van der Waals surface area contributed by atoms with Crippen molar-refractivity contribution in [3.8, 4) is 11.5 Å². The van der Waals surface area contributed by atoms with E-state index in [1.807, 2.05) is 31.2 Å². The van der Waals surface area contributed by atoms with Crippen LogP contribution in [0.15, 0.2) is 36.4 Å². The number of para-hydroxylation sites is 1. The zero-order valence-electron chi connectivity index (χ0n) is 14.4. The van der Waals surface area contributed by atoms with E-state index in [2.05, 4.69) is 10.3 Å². The molecule has 1 aliphatic rings. The van der Waals surface area contributed by atoms with E-state index in [-0.39, 0.29) is 12.3 Å². The lowest BCUT2D eigenvalue weighted by atomic mass is 10.1. The van der Waals surface area contributed by atoms with Crippen molar-refractivity contribution < 1.29 is 14.3 Å². The van der Waals surface area contributed by atoms with Crippen LogP contribution in [0.3, 0.4) is 0 Å². The van der Waals surface area contributed by atoms with Gasteiger partial charge in [-0.15, -0.1) is 0 Å². The Morgan fingerprint density at radius 2 is 1.92 bits per heavy atom. The van der Waals surface area contributed by atoms with Crippen LogP contribution >= 0.6 is 11.6 Å². The molecule has 6 heteroatoms. The maximum Gasteiger partial charge on any atom is 0.228 e. The van der Waals surface area contributed by atoms with Gasteiger partial charge in [-0.25, -0.2) is 0 Å². The molecular weight excluding hydrogens is 352 g/mol. The van der Waals surface area contributed by atoms with Crippen molar-refractivity contribution in [3.63, 3.8) is 0 Å². The van der Waals surface area contributed by atoms with Gasteiger partial charge >= 0.3 is 0 Å². The maximum absolute atomic E-state index is 12.6. The third kappa shape index (κ3) is 3.22. The van der Waals surface area contributed by atoms with Gasteiger partial charge < -0.3 is 19.8 Å². The average Bonchev–Trinajstić information content (AvgIpc) is 2.78. The summed E-state index contributed by atoms with van der Waals surface area (Å²) in [5.74, 6) is 1.08. The lowest BCUT2D eigenvalue weighted by Crippen LogP contribution is -2.15. The number of carbonyl (C=O) groups excluding carboxylic acids is 1. The van der Waals surface area contributed by atoms with Crippen LogP contribution in [0.5, 0.6) is 11.5 Å². The maximum atomic E-state index is 12.6. The highest BCUT2D eigenvalue weighted by atomic mass is 35.5. The summed E-state index contributed by atoms with van der Waals surface area (Å²) in [6.07, 6.45) is 1.08. The number of rotatable bonds is 3. The number of aromatic amines is 1. The molecule has 26 heavy (non-hydrogen) atoms. The summed E-state index contributed by atoms with van der Waals surface area (Å²) in [5, 5.41) is 4.38. The van der Waals surface area contributed by atoms with Crippen LogP contribution in [0, 0.1) is 6.92 Å². The van der Waals surface area contributed by atoms with Crippen LogP contribution in [-0.4, -0.2) is 24.1 Å². The van der Waals surface area contributed by atoms with E-state index in [4.69, 9.17) is 21.1 Å².